The van der Waals surface area contributed by atoms with Crippen LogP contribution in [0, 0.1) is 0 Å². The largest absolute Gasteiger partial charge is 0.456 e. The molecule has 1 aromatic heterocycles. The van der Waals surface area contributed by atoms with Crippen LogP contribution < -0.4 is 4.90 Å². The second kappa shape index (κ2) is 15.1. The number of nitrogens with zero attached hydrogens (tertiary/aromatic N) is 1. The zero-order valence-electron chi connectivity index (χ0n) is 32.9. The first-order chi connectivity index (χ1) is 29.7. The summed E-state index contributed by atoms with van der Waals surface area (Å²) in [6, 6.07) is 84.9. The van der Waals surface area contributed by atoms with E-state index in [2.05, 4.69) is 229 Å². The van der Waals surface area contributed by atoms with E-state index in [1.165, 1.54) is 71.8 Å². The van der Waals surface area contributed by atoms with E-state index < -0.39 is 0 Å². The number of hydrogen-bond donors (Lipinski definition) is 0. The van der Waals surface area contributed by atoms with Gasteiger partial charge in [-0.2, -0.15) is 0 Å². The minimum absolute atomic E-state index is 0.919. The third-order valence-corrected chi connectivity index (χ3v) is 11.7. The zero-order chi connectivity index (χ0) is 39.8. The second-order valence-electron chi connectivity index (χ2n) is 15.3. The monoisotopic (exact) mass is 765 g/mol. The Hall–Kier alpha value is -7.94. The Kier molecular flexibility index (Phi) is 8.87. The van der Waals surface area contributed by atoms with Crippen LogP contribution in [0.3, 0.4) is 0 Å². The van der Waals surface area contributed by atoms with E-state index >= 15 is 0 Å². The maximum atomic E-state index is 6.18. The van der Waals surface area contributed by atoms with Crippen molar-refractivity contribution < 1.29 is 4.42 Å². The highest BCUT2D eigenvalue weighted by Crippen LogP contribution is 2.40. The fraction of sp³-hybridized carbons (Fsp3) is 0. The lowest BCUT2D eigenvalue weighted by Gasteiger charge is -2.26. The second-order valence-corrected chi connectivity index (χ2v) is 15.3. The number of anilines is 3. The SMILES string of the molecule is c1ccc(-c2ccc(-c3ccc(N(c4ccc(-c5ccc6c(ccc7oc8ccccc8c76)c5)cc4)c4cccc(-c5ccc(-c6ccccc6)cc5)c4)cc3)cc2)cc1. The van der Waals surface area contributed by atoms with Crippen molar-refractivity contribution in [2.75, 3.05) is 4.90 Å². The molecule has 0 bridgehead atoms. The van der Waals surface area contributed by atoms with Gasteiger partial charge in [-0.1, -0.05) is 182 Å². The summed E-state index contributed by atoms with van der Waals surface area (Å²) < 4.78 is 6.18. The van der Waals surface area contributed by atoms with Gasteiger partial charge in [-0.3, -0.25) is 0 Å². The van der Waals surface area contributed by atoms with Crippen molar-refractivity contribution in [2.24, 2.45) is 0 Å². The molecule has 0 aliphatic heterocycles. The minimum atomic E-state index is 0.919. The Morgan fingerprint density at radius 1 is 0.250 bits per heavy atom. The first-order valence-electron chi connectivity index (χ1n) is 20.5. The third kappa shape index (κ3) is 6.61. The molecule has 0 unspecified atom stereocenters. The molecular formula is C58H39NO. The normalized spacial score (nSPS) is 11.3. The topological polar surface area (TPSA) is 16.4 Å². The lowest BCUT2D eigenvalue weighted by Crippen LogP contribution is -2.10. The van der Waals surface area contributed by atoms with E-state index in [4.69, 9.17) is 4.42 Å². The molecule has 1 heterocycles. The Morgan fingerprint density at radius 2 is 0.683 bits per heavy atom. The van der Waals surface area contributed by atoms with Crippen LogP contribution in [0.2, 0.25) is 0 Å². The first-order valence-corrected chi connectivity index (χ1v) is 20.5. The molecule has 0 N–H and O–H groups in total. The summed E-state index contributed by atoms with van der Waals surface area (Å²) >= 11 is 0. The Balaban J connectivity index is 0.946. The summed E-state index contributed by atoms with van der Waals surface area (Å²) in [5.41, 5.74) is 17.0. The third-order valence-electron chi connectivity index (χ3n) is 11.7. The molecule has 0 aliphatic rings. The maximum Gasteiger partial charge on any atom is 0.136 e. The fourth-order valence-electron chi connectivity index (χ4n) is 8.58. The van der Waals surface area contributed by atoms with Crippen molar-refractivity contribution in [3.8, 4) is 55.6 Å². The van der Waals surface area contributed by atoms with Crippen molar-refractivity contribution in [3.63, 3.8) is 0 Å². The summed E-state index contributed by atoms with van der Waals surface area (Å²) in [5.74, 6) is 0. The quantitative estimate of drug-likeness (QED) is 0.153. The molecule has 60 heavy (non-hydrogen) atoms. The van der Waals surface area contributed by atoms with Crippen molar-refractivity contribution in [1.82, 2.24) is 0 Å². The van der Waals surface area contributed by atoms with Gasteiger partial charge in [-0.15, -0.1) is 0 Å². The first kappa shape index (κ1) is 35.2. The predicted molar refractivity (Wildman–Crippen MR) is 253 cm³/mol. The highest BCUT2D eigenvalue weighted by Gasteiger charge is 2.16. The minimum Gasteiger partial charge on any atom is -0.456 e. The van der Waals surface area contributed by atoms with Gasteiger partial charge in [-0.25, -0.2) is 0 Å². The van der Waals surface area contributed by atoms with Crippen LogP contribution in [-0.4, -0.2) is 0 Å². The summed E-state index contributed by atoms with van der Waals surface area (Å²) in [4.78, 5) is 2.36. The molecule has 2 heteroatoms. The molecule has 0 saturated heterocycles. The average Bonchev–Trinajstić information content (AvgIpc) is 3.72. The van der Waals surface area contributed by atoms with Gasteiger partial charge in [0, 0.05) is 27.8 Å². The van der Waals surface area contributed by atoms with Crippen LogP contribution in [0.5, 0.6) is 0 Å². The van der Waals surface area contributed by atoms with Crippen LogP contribution in [0.15, 0.2) is 241 Å². The average molecular weight is 766 g/mol. The van der Waals surface area contributed by atoms with Gasteiger partial charge in [-0.05, 0) is 121 Å². The van der Waals surface area contributed by atoms with E-state index in [0.717, 1.165) is 33.6 Å². The molecule has 0 radical (unpaired) electrons. The van der Waals surface area contributed by atoms with Gasteiger partial charge >= 0.3 is 0 Å². The van der Waals surface area contributed by atoms with Gasteiger partial charge in [0.25, 0.3) is 0 Å². The number of rotatable bonds is 8. The summed E-state index contributed by atoms with van der Waals surface area (Å²) in [6.45, 7) is 0. The zero-order valence-corrected chi connectivity index (χ0v) is 32.9. The predicted octanol–water partition coefficient (Wildman–Crippen LogP) is 16.5. The highest BCUT2D eigenvalue weighted by atomic mass is 16.3. The van der Waals surface area contributed by atoms with E-state index in [-0.39, 0.29) is 0 Å². The molecule has 0 spiro atoms. The maximum absolute atomic E-state index is 6.18. The Morgan fingerprint density at radius 3 is 1.25 bits per heavy atom. The number of fused-ring (bicyclic) bond motifs is 5. The van der Waals surface area contributed by atoms with Gasteiger partial charge in [0.1, 0.15) is 11.2 Å². The van der Waals surface area contributed by atoms with Gasteiger partial charge in [0.05, 0.1) is 0 Å². The molecule has 0 amide bonds. The van der Waals surface area contributed by atoms with Crippen molar-refractivity contribution >= 4 is 49.8 Å². The lowest BCUT2D eigenvalue weighted by molar-refractivity contribution is 0.669. The van der Waals surface area contributed by atoms with E-state index in [9.17, 15) is 0 Å². The van der Waals surface area contributed by atoms with Crippen LogP contribution in [0.4, 0.5) is 17.1 Å². The Labute approximate surface area is 349 Å². The molecule has 0 fully saturated rings. The van der Waals surface area contributed by atoms with E-state index in [0.29, 0.717) is 0 Å². The molecule has 10 aromatic carbocycles. The molecule has 11 rings (SSSR count). The van der Waals surface area contributed by atoms with Crippen LogP contribution in [0.25, 0.3) is 88.3 Å². The molecular weight excluding hydrogens is 727 g/mol. The van der Waals surface area contributed by atoms with Crippen molar-refractivity contribution in [1.29, 1.82) is 0 Å². The fourth-order valence-corrected chi connectivity index (χ4v) is 8.58. The molecule has 0 saturated carbocycles. The summed E-state index contributed by atoms with van der Waals surface area (Å²) in [5, 5.41) is 4.72. The number of para-hydroxylation sites is 1. The molecule has 11 aromatic rings. The molecule has 2 nitrogen and oxygen atoms in total. The van der Waals surface area contributed by atoms with Crippen molar-refractivity contribution in [3.05, 3.63) is 237 Å². The van der Waals surface area contributed by atoms with E-state index in [1.807, 2.05) is 12.1 Å². The summed E-state index contributed by atoms with van der Waals surface area (Å²) in [6.07, 6.45) is 0. The standard InChI is InChI=1S/C58H39NO/c1-3-10-40(11-4-1)42-18-20-44(21-19-42)45-26-32-51(33-27-45)59(53-15-9-14-48(39-53)46-24-22-43(23-25-46)41-12-5-2-6-13-41)52-34-28-47(29-35-52)49-30-36-54-50(38-49)31-37-57-58(54)55-16-7-8-17-56(55)60-57/h1-39H. The molecule has 0 atom stereocenters. The van der Waals surface area contributed by atoms with Crippen LogP contribution >= 0.6 is 0 Å². The van der Waals surface area contributed by atoms with Gasteiger partial charge in [0.15, 0.2) is 0 Å². The van der Waals surface area contributed by atoms with Gasteiger partial charge in [0.2, 0.25) is 0 Å². The Bertz CT molecular complexity index is 3260. The lowest BCUT2D eigenvalue weighted by atomic mass is 9.98. The molecule has 0 aliphatic carbocycles. The summed E-state index contributed by atoms with van der Waals surface area (Å²) in [7, 11) is 0. The van der Waals surface area contributed by atoms with E-state index in [1.54, 1.807) is 0 Å². The number of benzene rings is 10. The van der Waals surface area contributed by atoms with Crippen LogP contribution in [0.1, 0.15) is 0 Å². The number of furan rings is 1. The smallest absolute Gasteiger partial charge is 0.136 e. The van der Waals surface area contributed by atoms with Crippen LogP contribution in [-0.2, 0) is 0 Å². The van der Waals surface area contributed by atoms with Crippen molar-refractivity contribution in [2.45, 2.75) is 0 Å². The number of hydrogen-bond acceptors (Lipinski definition) is 2. The van der Waals surface area contributed by atoms with Gasteiger partial charge < -0.3 is 9.32 Å². The molecule has 282 valence electrons. The highest BCUT2D eigenvalue weighted by molar-refractivity contribution is 6.19.